The van der Waals surface area contributed by atoms with Crippen LogP contribution in [0.15, 0.2) is 42.6 Å². The second kappa shape index (κ2) is 8.64. The van der Waals surface area contributed by atoms with Crippen LogP contribution in [0.2, 0.25) is 5.02 Å². The van der Waals surface area contributed by atoms with Crippen LogP contribution in [-0.2, 0) is 6.42 Å². The molecule has 1 fully saturated rings. The first-order chi connectivity index (χ1) is 14.1. The number of alkyl halides is 1. The van der Waals surface area contributed by atoms with Gasteiger partial charge >= 0.3 is 0 Å². The first kappa shape index (κ1) is 20.1. The molecule has 0 atom stereocenters. The first-order valence-electron chi connectivity index (χ1n) is 9.57. The van der Waals surface area contributed by atoms with Crippen molar-refractivity contribution in [3.8, 4) is 11.4 Å². The van der Waals surface area contributed by atoms with Gasteiger partial charge in [-0.25, -0.2) is 4.85 Å². The molecule has 0 unspecified atom stereocenters. The molecule has 1 saturated heterocycles. The number of rotatable bonds is 7. The smallest absolute Gasteiger partial charge is 0.231 e. The maximum Gasteiger partial charge on any atom is 0.231 e. The highest BCUT2D eigenvalue weighted by molar-refractivity contribution is 6.32. The van der Waals surface area contributed by atoms with Gasteiger partial charge in [-0.2, -0.15) is 0 Å². The predicted octanol–water partition coefficient (Wildman–Crippen LogP) is 4.64. The highest BCUT2D eigenvalue weighted by Crippen LogP contribution is 2.38. The van der Waals surface area contributed by atoms with Gasteiger partial charge in [-0.05, 0) is 42.3 Å². The molecule has 1 aliphatic heterocycles. The molecule has 2 N–H and O–H groups in total. The number of aromatic nitrogens is 1. The molecular weight excluding hydrogens is 407 g/mol. The van der Waals surface area contributed by atoms with Crippen LogP contribution in [0.4, 0.5) is 5.69 Å². The minimum absolute atomic E-state index is 0.307. The average Bonchev–Trinajstić information content (AvgIpc) is 3.12. The fourth-order valence-electron chi connectivity index (χ4n) is 3.72. The summed E-state index contributed by atoms with van der Waals surface area (Å²) in [6.07, 6.45) is 3.01. The Kier molecular flexibility index (Phi) is 5.98. The van der Waals surface area contributed by atoms with Crippen LogP contribution in [0.5, 0.6) is 5.75 Å². The summed E-state index contributed by atoms with van der Waals surface area (Å²) in [5.74, 6) is 0.723. The van der Waals surface area contributed by atoms with Crippen molar-refractivity contribution in [1.82, 2.24) is 9.47 Å². The van der Waals surface area contributed by atoms with Gasteiger partial charge in [0.2, 0.25) is 5.69 Å². The lowest BCUT2D eigenvalue weighted by Crippen LogP contribution is -2.55. The van der Waals surface area contributed by atoms with Crippen LogP contribution in [-0.4, -0.2) is 47.6 Å². The number of hydrogen-bond acceptors (Lipinski definition) is 3. The maximum atomic E-state index is 7.48. The molecule has 3 aromatic rings. The van der Waals surface area contributed by atoms with Gasteiger partial charge in [0.25, 0.3) is 0 Å². The van der Waals surface area contributed by atoms with Gasteiger partial charge in [0.05, 0.1) is 29.6 Å². The van der Waals surface area contributed by atoms with Gasteiger partial charge < -0.3 is 15.0 Å². The van der Waals surface area contributed by atoms with Crippen molar-refractivity contribution < 1.29 is 4.74 Å². The summed E-state index contributed by atoms with van der Waals surface area (Å²) in [6.45, 7) is 10.8. The van der Waals surface area contributed by atoms with E-state index < -0.39 is 0 Å². The molecule has 2 aromatic carbocycles. The van der Waals surface area contributed by atoms with E-state index in [0.29, 0.717) is 35.0 Å². The van der Waals surface area contributed by atoms with E-state index in [0.717, 1.165) is 42.6 Å². The van der Waals surface area contributed by atoms with E-state index in [1.807, 2.05) is 16.8 Å². The predicted molar refractivity (Wildman–Crippen MR) is 119 cm³/mol. The molecule has 0 amide bonds. The second-order valence-corrected chi connectivity index (χ2v) is 8.06. The van der Waals surface area contributed by atoms with Crippen LogP contribution in [0.3, 0.4) is 0 Å². The Balaban J connectivity index is 1.59. The number of fused-ring (bicyclic) bond motifs is 1. The summed E-state index contributed by atoms with van der Waals surface area (Å²) in [5.41, 5.74) is 9.43. The Bertz CT molecular complexity index is 1070. The van der Waals surface area contributed by atoms with E-state index in [2.05, 4.69) is 34.0 Å². The van der Waals surface area contributed by atoms with Crippen molar-refractivity contribution in [3.05, 3.63) is 64.6 Å². The summed E-state index contributed by atoms with van der Waals surface area (Å²) < 4.78 is 7.59. The summed E-state index contributed by atoms with van der Waals surface area (Å²) in [7, 11) is 0. The number of nitrogens with two attached hydrogens (primary N) is 1. The Morgan fingerprint density at radius 1 is 1.21 bits per heavy atom. The first-order valence-corrected chi connectivity index (χ1v) is 10.5. The van der Waals surface area contributed by atoms with Crippen LogP contribution in [0.25, 0.3) is 21.4 Å². The molecule has 4 rings (SSSR count). The molecular formula is C22H22Cl2N4O. The number of likely N-dealkylation sites (tertiary alicyclic amines) is 1. The van der Waals surface area contributed by atoms with Crippen LogP contribution >= 0.6 is 23.2 Å². The SMILES string of the molecule is [C-]#[N+]c1cc(-n2ccc3cc(CCN4CC(N)C4)ccc32)cc(Cl)c1OCCCl. The monoisotopic (exact) mass is 428 g/mol. The van der Waals surface area contributed by atoms with Gasteiger partial charge in [0.1, 0.15) is 5.75 Å². The van der Waals surface area contributed by atoms with Crippen molar-refractivity contribution in [1.29, 1.82) is 0 Å². The van der Waals surface area contributed by atoms with Gasteiger partial charge in [-0.1, -0.05) is 17.7 Å². The Hall–Kier alpha value is -2.23. The number of nitrogens with zero attached hydrogens (tertiary/aromatic N) is 3. The summed E-state index contributed by atoms with van der Waals surface area (Å²) in [4.78, 5) is 5.96. The Labute approximate surface area is 180 Å². The molecule has 2 heterocycles. The van der Waals surface area contributed by atoms with E-state index >= 15 is 0 Å². The minimum Gasteiger partial charge on any atom is -0.502 e. The standard InChI is InChI=1S/C22H22Cl2N4O/c1-26-20-12-18(11-19(24)22(20)29-9-6-23)28-8-5-16-10-15(2-3-21(16)28)4-7-27-13-17(25)14-27/h2-3,5,8,10-12,17H,4,6-7,9,13-14,25H2. The quantitative estimate of drug-likeness (QED) is 0.440. The fourth-order valence-corrected chi connectivity index (χ4v) is 4.06. The highest BCUT2D eigenvalue weighted by Gasteiger charge is 2.22. The van der Waals surface area contributed by atoms with Gasteiger partial charge in [0.15, 0.2) is 0 Å². The maximum absolute atomic E-state index is 7.48. The largest absolute Gasteiger partial charge is 0.502 e. The third-order valence-corrected chi connectivity index (χ3v) is 5.62. The number of ether oxygens (including phenoxy) is 1. The summed E-state index contributed by atoms with van der Waals surface area (Å²) >= 11 is 12.1. The zero-order valence-corrected chi connectivity index (χ0v) is 17.5. The molecule has 0 saturated carbocycles. The van der Waals surface area contributed by atoms with Gasteiger partial charge in [-0.15, -0.1) is 11.6 Å². The normalized spacial score (nSPS) is 14.7. The lowest BCUT2D eigenvalue weighted by Gasteiger charge is -2.36. The molecule has 150 valence electrons. The van der Waals surface area contributed by atoms with Crippen molar-refractivity contribution in [2.75, 3.05) is 32.1 Å². The minimum atomic E-state index is 0.307. The van der Waals surface area contributed by atoms with Crippen molar-refractivity contribution in [2.45, 2.75) is 12.5 Å². The van der Waals surface area contributed by atoms with Crippen molar-refractivity contribution >= 4 is 39.8 Å². The lowest BCUT2D eigenvalue weighted by atomic mass is 10.1. The van der Waals surface area contributed by atoms with Crippen molar-refractivity contribution in [2.24, 2.45) is 5.73 Å². The lowest BCUT2D eigenvalue weighted by molar-refractivity contribution is 0.153. The van der Waals surface area contributed by atoms with Gasteiger partial charge in [0, 0.05) is 42.9 Å². The van der Waals surface area contributed by atoms with E-state index in [1.165, 1.54) is 5.56 Å². The van der Waals surface area contributed by atoms with Crippen LogP contribution in [0, 0.1) is 6.57 Å². The molecule has 1 aliphatic rings. The molecule has 0 spiro atoms. The molecule has 0 radical (unpaired) electrons. The molecule has 7 heteroatoms. The molecule has 29 heavy (non-hydrogen) atoms. The van der Waals surface area contributed by atoms with E-state index in [1.54, 1.807) is 6.07 Å². The van der Waals surface area contributed by atoms with Gasteiger partial charge in [-0.3, -0.25) is 4.90 Å². The Morgan fingerprint density at radius 3 is 2.76 bits per heavy atom. The van der Waals surface area contributed by atoms with Crippen LogP contribution < -0.4 is 10.5 Å². The Morgan fingerprint density at radius 2 is 2.03 bits per heavy atom. The molecule has 0 aliphatic carbocycles. The summed E-state index contributed by atoms with van der Waals surface area (Å²) in [6, 6.07) is 12.5. The summed E-state index contributed by atoms with van der Waals surface area (Å²) in [5, 5.41) is 1.57. The van der Waals surface area contributed by atoms with Crippen LogP contribution in [0.1, 0.15) is 5.56 Å². The fraction of sp³-hybridized carbons (Fsp3) is 0.318. The van der Waals surface area contributed by atoms with E-state index in [-0.39, 0.29) is 0 Å². The third kappa shape index (κ3) is 4.22. The molecule has 0 bridgehead atoms. The topological polar surface area (TPSA) is 47.8 Å². The third-order valence-electron chi connectivity index (χ3n) is 5.19. The molecule has 5 nitrogen and oxygen atoms in total. The van der Waals surface area contributed by atoms with Crippen molar-refractivity contribution in [3.63, 3.8) is 0 Å². The highest BCUT2D eigenvalue weighted by atomic mass is 35.5. The zero-order chi connectivity index (χ0) is 20.4. The van der Waals surface area contributed by atoms with E-state index in [4.69, 9.17) is 40.2 Å². The molecule has 1 aromatic heterocycles. The number of halogens is 2. The van der Waals surface area contributed by atoms with E-state index in [9.17, 15) is 0 Å². The number of hydrogen-bond donors (Lipinski definition) is 1. The second-order valence-electron chi connectivity index (χ2n) is 7.27. The zero-order valence-electron chi connectivity index (χ0n) is 15.9. The number of benzene rings is 2. The average molecular weight is 429 g/mol.